The van der Waals surface area contributed by atoms with Crippen LogP contribution in [-0.4, -0.2) is 110 Å². The lowest BCUT2D eigenvalue weighted by Crippen LogP contribution is -2.61. The maximum absolute atomic E-state index is 12.1. The third kappa shape index (κ3) is 3.34. The molecule has 3 aliphatic rings. The predicted molar refractivity (Wildman–Crippen MR) is 89.4 cm³/mol. The lowest BCUT2D eigenvalue weighted by atomic mass is 9.78. The fourth-order valence-electron chi connectivity index (χ4n) is 4.22. The van der Waals surface area contributed by atoms with E-state index < -0.39 is 84.8 Å². The van der Waals surface area contributed by atoms with Gasteiger partial charge in [-0.25, -0.2) is 4.79 Å². The molecule has 166 valence electrons. The minimum absolute atomic E-state index is 0.422. The van der Waals surface area contributed by atoms with Crippen molar-refractivity contribution in [2.45, 2.75) is 61.7 Å². The summed E-state index contributed by atoms with van der Waals surface area (Å²) in [6.07, 6.45) is -11.7. The monoisotopic (exact) mass is 422 g/mol. The minimum atomic E-state index is -2.29. The molecule has 7 N–H and O–H groups in total. The zero-order chi connectivity index (χ0) is 21.7. The number of methoxy groups -OCH3 is 1. The van der Waals surface area contributed by atoms with Crippen molar-refractivity contribution in [2.24, 2.45) is 11.8 Å². The van der Waals surface area contributed by atoms with Gasteiger partial charge in [-0.2, -0.15) is 0 Å². The van der Waals surface area contributed by atoms with Gasteiger partial charge in [0.1, 0.15) is 48.0 Å². The van der Waals surface area contributed by atoms with Crippen molar-refractivity contribution in [1.82, 2.24) is 0 Å². The van der Waals surface area contributed by atoms with Crippen molar-refractivity contribution in [2.75, 3.05) is 13.7 Å². The number of fused-ring (bicyclic) bond motifs is 1. The van der Waals surface area contributed by atoms with Crippen molar-refractivity contribution in [3.8, 4) is 0 Å². The van der Waals surface area contributed by atoms with E-state index in [1.54, 1.807) is 0 Å². The summed E-state index contributed by atoms with van der Waals surface area (Å²) in [6, 6.07) is 0. The van der Waals surface area contributed by atoms with Gasteiger partial charge in [0.2, 0.25) is 6.29 Å². The highest BCUT2D eigenvalue weighted by atomic mass is 16.8. The summed E-state index contributed by atoms with van der Waals surface area (Å²) in [5.74, 6) is -3.01. The molecule has 0 unspecified atom stereocenters. The van der Waals surface area contributed by atoms with Gasteiger partial charge in [0, 0.05) is 0 Å². The van der Waals surface area contributed by atoms with Gasteiger partial charge in [-0.3, -0.25) is 0 Å². The van der Waals surface area contributed by atoms with Gasteiger partial charge in [0.15, 0.2) is 6.29 Å². The smallest absolute Gasteiger partial charge is 0.339 e. The van der Waals surface area contributed by atoms with Crippen molar-refractivity contribution >= 4 is 5.97 Å². The molecule has 29 heavy (non-hydrogen) atoms. The molecule has 0 aromatic heterocycles. The van der Waals surface area contributed by atoms with E-state index in [2.05, 4.69) is 4.74 Å². The van der Waals surface area contributed by atoms with Crippen molar-refractivity contribution in [3.05, 3.63) is 11.8 Å². The van der Waals surface area contributed by atoms with Gasteiger partial charge in [-0.15, -0.1) is 0 Å². The van der Waals surface area contributed by atoms with Gasteiger partial charge in [0.25, 0.3) is 0 Å². The van der Waals surface area contributed by atoms with Crippen LogP contribution >= 0.6 is 0 Å². The Morgan fingerprint density at radius 2 is 1.76 bits per heavy atom. The van der Waals surface area contributed by atoms with Crippen molar-refractivity contribution in [1.29, 1.82) is 0 Å². The first-order chi connectivity index (χ1) is 13.6. The molecule has 2 fully saturated rings. The van der Waals surface area contributed by atoms with Crippen LogP contribution in [0.3, 0.4) is 0 Å². The maximum atomic E-state index is 12.1. The van der Waals surface area contributed by atoms with Crippen LogP contribution in [-0.2, 0) is 23.7 Å². The van der Waals surface area contributed by atoms with E-state index in [0.29, 0.717) is 0 Å². The summed E-state index contributed by atoms with van der Waals surface area (Å²) < 4.78 is 20.8. The number of ether oxygens (including phenoxy) is 4. The zero-order valence-electron chi connectivity index (χ0n) is 15.7. The molecule has 0 spiro atoms. The molecule has 0 aromatic rings. The topological polar surface area (TPSA) is 196 Å². The van der Waals surface area contributed by atoms with Gasteiger partial charge in [0.05, 0.1) is 25.7 Å². The second kappa shape index (κ2) is 8.06. The molecule has 2 aliphatic heterocycles. The number of hydrogen-bond donors (Lipinski definition) is 7. The van der Waals surface area contributed by atoms with Gasteiger partial charge >= 0.3 is 5.97 Å². The van der Waals surface area contributed by atoms with Crippen LogP contribution in [0.4, 0.5) is 0 Å². The molecule has 12 heteroatoms. The Morgan fingerprint density at radius 3 is 2.34 bits per heavy atom. The Labute approximate surface area is 165 Å². The van der Waals surface area contributed by atoms with Crippen LogP contribution in [0.1, 0.15) is 6.92 Å². The molecule has 0 bridgehead atoms. The number of aliphatic hydroxyl groups excluding tert-OH is 6. The largest absolute Gasteiger partial charge is 0.471 e. The number of carbonyl (C=O) groups excluding carboxylic acids is 1. The summed E-state index contributed by atoms with van der Waals surface area (Å²) in [6.45, 7) is 0.813. The van der Waals surface area contributed by atoms with Gasteiger partial charge in [-0.05, 0) is 5.92 Å². The molecular weight excluding hydrogens is 396 g/mol. The first-order valence-corrected chi connectivity index (χ1v) is 9.08. The Hall–Kier alpha value is -1.35. The summed E-state index contributed by atoms with van der Waals surface area (Å²) in [7, 11) is 1.07. The third-order valence-corrected chi connectivity index (χ3v) is 5.95. The van der Waals surface area contributed by atoms with Gasteiger partial charge < -0.3 is 54.7 Å². The van der Waals surface area contributed by atoms with Crippen LogP contribution in [0.2, 0.25) is 0 Å². The average Bonchev–Trinajstić information content (AvgIpc) is 2.88. The second-order valence-electron chi connectivity index (χ2n) is 7.51. The van der Waals surface area contributed by atoms with Crippen molar-refractivity contribution < 1.29 is 59.5 Å². The van der Waals surface area contributed by atoms with E-state index >= 15 is 0 Å². The fourth-order valence-corrected chi connectivity index (χ4v) is 4.22. The maximum Gasteiger partial charge on any atom is 0.339 e. The predicted octanol–water partition coefficient (Wildman–Crippen LogP) is -4.07. The Bertz CT molecular complexity index is 652. The first-order valence-electron chi connectivity index (χ1n) is 9.08. The van der Waals surface area contributed by atoms with Crippen LogP contribution in [0.15, 0.2) is 11.8 Å². The number of esters is 1. The summed E-state index contributed by atoms with van der Waals surface area (Å²) in [5, 5.41) is 71.1. The molecule has 0 radical (unpaired) electrons. The molecule has 12 nitrogen and oxygen atoms in total. The highest BCUT2D eigenvalue weighted by Gasteiger charge is 2.66. The number of carbonyl (C=O) groups is 1. The number of rotatable bonds is 4. The molecular formula is C17H26O12. The standard InChI is InChI=1S/C17H26O12/c1-5-8-15(29-16-12(22)11(21)10(20)7(3-18)28-16)27-4-6(14(24)26-2)17(8,25)13(23)9(5)19/h4-5,7-13,15-16,18-23,25H,3H2,1-2H3/t5-,7-,8+,9+,10+,11+,12+,13+,15-,16+,17+/m0/s1. The van der Waals surface area contributed by atoms with Crippen LogP contribution in [0, 0.1) is 11.8 Å². The Balaban J connectivity index is 1.91. The molecule has 3 rings (SSSR count). The Morgan fingerprint density at radius 1 is 1.10 bits per heavy atom. The van der Waals surface area contributed by atoms with Crippen molar-refractivity contribution in [3.63, 3.8) is 0 Å². The molecule has 1 saturated carbocycles. The van der Waals surface area contributed by atoms with E-state index in [-0.39, 0.29) is 0 Å². The molecule has 11 atom stereocenters. The average molecular weight is 422 g/mol. The highest BCUT2D eigenvalue weighted by molar-refractivity contribution is 5.91. The van der Waals surface area contributed by atoms with E-state index in [4.69, 9.17) is 14.2 Å². The van der Waals surface area contributed by atoms with E-state index in [0.717, 1.165) is 13.4 Å². The highest BCUT2D eigenvalue weighted by Crippen LogP contribution is 2.50. The quantitative estimate of drug-likeness (QED) is 0.217. The molecule has 1 aliphatic carbocycles. The van der Waals surface area contributed by atoms with E-state index in [1.165, 1.54) is 6.92 Å². The molecule has 1 saturated heterocycles. The third-order valence-electron chi connectivity index (χ3n) is 5.95. The van der Waals surface area contributed by atoms with Crippen LogP contribution in [0.25, 0.3) is 0 Å². The zero-order valence-corrected chi connectivity index (χ0v) is 15.7. The molecule has 2 heterocycles. The minimum Gasteiger partial charge on any atom is -0.471 e. The number of aliphatic hydroxyl groups is 7. The van der Waals surface area contributed by atoms with E-state index in [1.807, 2.05) is 0 Å². The normalized spacial score (nSPS) is 49.8. The Kier molecular flexibility index (Phi) is 6.21. The molecule has 0 aromatic carbocycles. The van der Waals surface area contributed by atoms with Crippen LogP contribution in [0.5, 0.6) is 0 Å². The lowest BCUT2D eigenvalue weighted by molar-refractivity contribution is -0.347. The second-order valence-corrected chi connectivity index (χ2v) is 7.51. The van der Waals surface area contributed by atoms with Crippen LogP contribution < -0.4 is 0 Å². The lowest BCUT2D eigenvalue weighted by Gasteiger charge is -2.45. The molecule has 0 amide bonds. The van der Waals surface area contributed by atoms with E-state index in [9.17, 15) is 40.5 Å². The summed E-state index contributed by atoms with van der Waals surface area (Å²) in [4.78, 5) is 12.1. The summed E-state index contributed by atoms with van der Waals surface area (Å²) >= 11 is 0. The SMILES string of the molecule is COC(=O)C1=CO[C@@H](O[C@H]2O[C@@H](CO)[C@@H](O)[C@@H](O)[C@H]2O)[C@H]2[C@H](C)[C@@H](O)[C@@H](O)[C@@]12O. The summed E-state index contributed by atoms with van der Waals surface area (Å²) in [5.41, 5.74) is -2.71. The van der Waals surface area contributed by atoms with Gasteiger partial charge in [-0.1, -0.05) is 6.92 Å². The first kappa shape index (κ1) is 22.3. The fraction of sp³-hybridized carbons (Fsp3) is 0.824. The number of hydrogen-bond acceptors (Lipinski definition) is 12.